The van der Waals surface area contributed by atoms with E-state index in [9.17, 15) is 0 Å². The first-order valence-corrected chi connectivity index (χ1v) is 8.33. The van der Waals surface area contributed by atoms with E-state index in [1.54, 1.807) is 0 Å². The number of hydrogen-bond acceptors (Lipinski definition) is 3. The predicted molar refractivity (Wildman–Crippen MR) is 81.1 cm³/mol. The summed E-state index contributed by atoms with van der Waals surface area (Å²) in [6.45, 7) is 1.67. The molecule has 0 radical (unpaired) electrons. The molecule has 0 unspecified atom stereocenters. The highest BCUT2D eigenvalue weighted by molar-refractivity contribution is 9.10. The van der Waals surface area contributed by atoms with Crippen molar-refractivity contribution in [2.45, 2.75) is 50.4 Å². The zero-order chi connectivity index (χ0) is 13.2. The third-order valence-corrected chi connectivity index (χ3v) is 5.64. The van der Waals surface area contributed by atoms with Gasteiger partial charge in [0.1, 0.15) is 10.5 Å². The van der Waals surface area contributed by atoms with Gasteiger partial charge in [-0.05, 0) is 41.6 Å². The first-order chi connectivity index (χ1) is 9.25. The number of nitrogens with zero attached hydrogens (tertiary/aromatic N) is 1. The molecule has 0 aromatic carbocycles. The van der Waals surface area contributed by atoms with Crippen LogP contribution in [-0.2, 0) is 4.74 Å². The van der Waals surface area contributed by atoms with Crippen molar-refractivity contribution in [1.82, 2.24) is 9.97 Å². The third kappa shape index (κ3) is 2.93. The van der Waals surface area contributed by atoms with Crippen molar-refractivity contribution in [1.29, 1.82) is 0 Å². The first-order valence-electron chi connectivity index (χ1n) is 7.13. The van der Waals surface area contributed by atoms with Gasteiger partial charge < -0.3 is 9.72 Å². The standard InChI is InChI=1S/C14H19BrN2OS/c15-11-12(9-3-1-2-4-9)16-13(17-14(11)19)10-5-7-18-8-6-10/h9-10H,1-8H2,(H,16,17,19). The van der Waals surface area contributed by atoms with Gasteiger partial charge in [0.05, 0.1) is 4.47 Å². The van der Waals surface area contributed by atoms with E-state index in [2.05, 4.69) is 25.9 Å². The van der Waals surface area contributed by atoms with E-state index in [0.29, 0.717) is 16.5 Å². The van der Waals surface area contributed by atoms with Gasteiger partial charge in [-0.15, -0.1) is 0 Å². The minimum Gasteiger partial charge on any atom is -0.381 e. The second-order valence-corrected chi connectivity index (χ2v) is 6.70. The van der Waals surface area contributed by atoms with E-state index in [-0.39, 0.29) is 0 Å². The molecule has 2 aliphatic rings. The fraction of sp³-hybridized carbons (Fsp3) is 0.714. The molecule has 104 valence electrons. The molecule has 3 rings (SSSR count). The first kappa shape index (κ1) is 13.7. The summed E-state index contributed by atoms with van der Waals surface area (Å²) in [6, 6.07) is 0. The third-order valence-electron chi connectivity index (χ3n) is 4.28. The van der Waals surface area contributed by atoms with Crippen LogP contribution in [0.2, 0.25) is 0 Å². The number of H-pyrrole nitrogens is 1. The second-order valence-electron chi connectivity index (χ2n) is 5.52. The lowest BCUT2D eigenvalue weighted by Crippen LogP contribution is -2.17. The van der Waals surface area contributed by atoms with Crippen LogP contribution in [0.15, 0.2) is 4.47 Å². The molecule has 1 aromatic rings. The van der Waals surface area contributed by atoms with E-state index >= 15 is 0 Å². The Balaban J connectivity index is 1.94. The Hall–Kier alpha value is -0.260. The van der Waals surface area contributed by atoms with E-state index in [1.807, 2.05) is 0 Å². The van der Waals surface area contributed by atoms with Crippen LogP contribution in [0, 0.1) is 4.64 Å². The van der Waals surface area contributed by atoms with Crippen LogP contribution in [0.5, 0.6) is 0 Å². The summed E-state index contributed by atoms with van der Waals surface area (Å²) >= 11 is 9.05. The minimum atomic E-state index is 0.476. The molecule has 3 nitrogen and oxygen atoms in total. The topological polar surface area (TPSA) is 37.9 Å². The molecule has 1 saturated heterocycles. The van der Waals surface area contributed by atoms with Gasteiger partial charge in [-0.3, -0.25) is 0 Å². The normalized spacial score (nSPS) is 21.9. The monoisotopic (exact) mass is 342 g/mol. The van der Waals surface area contributed by atoms with Crippen molar-refractivity contribution in [3.05, 3.63) is 20.6 Å². The maximum absolute atomic E-state index is 5.43. The maximum Gasteiger partial charge on any atom is 0.144 e. The molecule has 5 heteroatoms. The maximum atomic E-state index is 5.43. The molecule has 0 amide bonds. The van der Waals surface area contributed by atoms with Gasteiger partial charge in [0, 0.05) is 30.7 Å². The molecular weight excluding hydrogens is 324 g/mol. The van der Waals surface area contributed by atoms with Crippen molar-refractivity contribution in [2.24, 2.45) is 0 Å². The summed E-state index contributed by atoms with van der Waals surface area (Å²) in [5.41, 5.74) is 1.28. The largest absolute Gasteiger partial charge is 0.381 e. The van der Waals surface area contributed by atoms with Crippen LogP contribution in [0.4, 0.5) is 0 Å². The molecule has 1 saturated carbocycles. The number of halogens is 1. The average molecular weight is 343 g/mol. The molecule has 2 heterocycles. The Labute approximate surface area is 127 Å². The van der Waals surface area contributed by atoms with Gasteiger partial charge >= 0.3 is 0 Å². The number of nitrogens with one attached hydrogen (secondary N) is 1. The van der Waals surface area contributed by atoms with E-state index in [1.165, 1.54) is 31.4 Å². The lowest BCUT2D eigenvalue weighted by Gasteiger charge is -2.23. The fourth-order valence-electron chi connectivity index (χ4n) is 3.15. The van der Waals surface area contributed by atoms with Crippen LogP contribution in [0.1, 0.15) is 61.9 Å². The predicted octanol–water partition coefficient (Wildman–Crippen LogP) is 4.45. The molecule has 0 atom stereocenters. The lowest BCUT2D eigenvalue weighted by atomic mass is 9.98. The quantitative estimate of drug-likeness (QED) is 0.806. The summed E-state index contributed by atoms with van der Waals surface area (Å²) in [4.78, 5) is 8.17. The molecular formula is C14H19BrN2OS. The van der Waals surface area contributed by atoms with Crippen molar-refractivity contribution in [3.63, 3.8) is 0 Å². The van der Waals surface area contributed by atoms with E-state index < -0.39 is 0 Å². The molecule has 2 fully saturated rings. The van der Waals surface area contributed by atoms with Crippen molar-refractivity contribution in [3.8, 4) is 0 Å². The van der Waals surface area contributed by atoms with Crippen LogP contribution < -0.4 is 0 Å². The summed E-state index contributed by atoms with van der Waals surface area (Å²) < 4.78 is 7.14. The van der Waals surface area contributed by atoms with Crippen LogP contribution in [0.25, 0.3) is 0 Å². The van der Waals surface area contributed by atoms with Crippen LogP contribution >= 0.6 is 28.1 Å². The number of hydrogen-bond donors (Lipinski definition) is 1. The van der Waals surface area contributed by atoms with Gasteiger partial charge in [-0.25, -0.2) is 4.98 Å². The Bertz CT molecular complexity index is 505. The van der Waals surface area contributed by atoms with Crippen molar-refractivity contribution >= 4 is 28.1 Å². The summed E-state index contributed by atoms with van der Waals surface area (Å²) in [7, 11) is 0. The Morgan fingerprint density at radius 2 is 1.79 bits per heavy atom. The average Bonchev–Trinajstić information content (AvgIpc) is 2.96. The Morgan fingerprint density at radius 1 is 1.11 bits per heavy atom. The Kier molecular flexibility index (Phi) is 4.34. The highest BCUT2D eigenvalue weighted by Crippen LogP contribution is 2.37. The molecule has 1 aliphatic carbocycles. The number of ether oxygens (including phenoxy) is 1. The number of aromatic nitrogens is 2. The lowest BCUT2D eigenvalue weighted by molar-refractivity contribution is 0.0835. The highest BCUT2D eigenvalue weighted by Gasteiger charge is 2.24. The molecule has 1 aromatic heterocycles. The van der Waals surface area contributed by atoms with E-state index in [4.69, 9.17) is 17.0 Å². The van der Waals surface area contributed by atoms with Gasteiger partial charge in [0.15, 0.2) is 0 Å². The molecule has 1 aliphatic heterocycles. The fourth-order valence-corrected chi connectivity index (χ4v) is 3.87. The zero-order valence-electron chi connectivity index (χ0n) is 11.0. The van der Waals surface area contributed by atoms with Gasteiger partial charge in [-0.1, -0.05) is 25.1 Å². The van der Waals surface area contributed by atoms with Crippen LogP contribution in [-0.4, -0.2) is 23.2 Å². The molecule has 19 heavy (non-hydrogen) atoms. The van der Waals surface area contributed by atoms with Crippen LogP contribution in [0.3, 0.4) is 0 Å². The Morgan fingerprint density at radius 3 is 2.47 bits per heavy atom. The zero-order valence-corrected chi connectivity index (χ0v) is 13.4. The minimum absolute atomic E-state index is 0.476. The van der Waals surface area contributed by atoms with Gasteiger partial charge in [0.2, 0.25) is 0 Å². The van der Waals surface area contributed by atoms with Gasteiger partial charge in [0.25, 0.3) is 0 Å². The molecule has 0 bridgehead atoms. The summed E-state index contributed by atoms with van der Waals surface area (Å²) in [5, 5.41) is 0. The summed E-state index contributed by atoms with van der Waals surface area (Å²) in [6.07, 6.45) is 7.27. The second kappa shape index (κ2) is 6.02. The van der Waals surface area contributed by atoms with Gasteiger partial charge in [-0.2, -0.15) is 0 Å². The van der Waals surface area contributed by atoms with Crippen molar-refractivity contribution in [2.75, 3.05) is 13.2 Å². The highest BCUT2D eigenvalue weighted by atomic mass is 79.9. The smallest absolute Gasteiger partial charge is 0.144 e. The molecule has 0 spiro atoms. The molecule has 1 N–H and O–H groups in total. The number of aromatic amines is 1. The SMILES string of the molecule is S=c1nc(C2CCOCC2)[nH]c(C2CCCC2)c1Br. The van der Waals surface area contributed by atoms with Crippen molar-refractivity contribution < 1.29 is 4.74 Å². The summed E-state index contributed by atoms with van der Waals surface area (Å²) in [5.74, 6) is 2.17. The number of rotatable bonds is 2. The van der Waals surface area contributed by atoms with E-state index in [0.717, 1.165) is 36.4 Å².